The minimum absolute atomic E-state index is 0.0902. The Morgan fingerprint density at radius 3 is 1.47 bits per heavy atom. The third kappa shape index (κ3) is 42.2. The molecule has 0 rings (SSSR count). The highest BCUT2D eigenvalue weighted by molar-refractivity contribution is 7.47. The lowest BCUT2D eigenvalue weighted by molar-refractivity contribution is -0.870. The summed E-state index contributed by atoms with van der Waals surface area (Å²) in [4.78, 5) is 22.8. The molecule has 9 heteroatoms. The summed E-state index contributed by atoms with van der Waals surface area (Å²) in [5, 5.41) is 0. The van der Waals surface area contributed by atoms with Gasteiger partial charge in [0.25, 0.3) is 0 Å². The predicted molar refractivity (Wildman–Crippen MR) is 224 cm³/mol. The number of rotatable bonds is 42. The van der Waals surface area contributed by atoms with Gasteiger partial charge in [-0.15, -0.1) is 0 Å². The molecule has 0 radical (unpaired) electrons. The van der Waals surface area contributed by atoms with Crippen LogP contribution in [0.1, 0.15) is 206 Å². The van der Waals surface area contributed by atoms with E-state index in [9.17, 15) is 14.3 Å². The van der Waals surface area contributed by atoms with E-state index < -0.39 is 13.9 Å². The highest BCUT2D eigenvalue weighted by Crippen LogP contribution is 2.43. The molecule has 0 saturated carbocycles. The fraction of sp³-hybridized carbons (Fsp3) is 0.932. The number of phosphoric ester groups is 1. The molecule has 0 aliphatic heterocycles. The van der Waals surface area contributed by atoms with Crippen LogP contribution in [0.25, 0.3) is 0 Å². The van der Waals surface area contributed by atoms with Gasteiger partial charge < -0.3 is 18.9 Å². The normalized spacial score (nSPS) is 13.8. The minimum atomic E-state index is -4.27. The number of ether oxygens (including phenoxy) is 2. The Morgan fingerprint density at radius 1 is 0.566 bits per heavy atom. The molecule has 0 aromatic heterocycles. The molecule has 8 nitrogen and oxygen atoms in total. The Balaban J connectivity index is 4.14. The fourth-order valence-electron chi connectivity index (χ4n) is 6.31. The number of unbranched alkanes of at least 4 members (excludes halogenated alkanes) is 26. The van der Waals surface area contributed by atoms with Crippen molar-refractivity contribution in [2.75, 3.05) is 54.1 Å². The number of esters is 1. The van der Waals surface area contributed by atoms with Crippen LogP contribution in [0.2, 0.25) is 0 Å². The molecule has 0 saturated heterocycles. The number of likely N-dealkylation sites (N-methyl/N-ethyl adjacent to an activating group) is 1. The molecular weight excluding hydrogens is 685 g/mol. The summed E-state index contributed by atoms with van der Waals surface area (Å²) in [7, 11) is 1.67. The predicted octanol–water partition coefficient (Wildman–Crippen LogP) is 13.1. The average molecular weight is 775 g/mol. The lowest BCUT2D eigenvalue weighted by Gasteiger charge is -2.24. The summed E-state index contributed by atoms with van der Waals surface area (Å²) in [5.41, 5.74) is 0. The number of nitrogens with zero attached hydrogens (tertiary/aromatic N) is 1. The maximum Gasteiger partial charge on any atom is 0.472 e. The molecule has 0 heterocycles. The van der Waals surface area contributed by atoms with Crippen LogP contribution in [-0.2, 0) is 27.9 Å². The number of hydrogen-bond donors (Lipinski definition) is 1. The van der Waals surface area contributed by atoms with Gasteiger partial charge in [0.2, 0.25) is 0 Å². The zero-order chi connectivity index (χ0) is 39.1. The van der Waals surface area contributed by atoms with Crippen molar-refractivity contribution in [3.05, 3.63) is 12.2 Å². The molecule has 316 valence electrons. The smallest absolute Gasteiger partial charge is 0.457 e. The molecule has 0 amide bonds. The van der Waals surface area contributed by atoms with Crippen molar-refractivity contribution in [2.45, 2.75) is 213 Å². The first kappa shape index (κ1) is 52.2. The average Bonchev–Trinajstić information content (AvgIpc) is 3.11. The Morgan fingerprint density at radius 2 is 0.981 bits per heavy atom. The van der Waals surface area contributed by atoms with Crippen LogP contribution in [0.15, 0.2) is 12.2 Å². The maximum absolute atomic E-state index is 12.7. The Bertz CT molecular complexity index is 863. The number of carbonyl (C=O) groups excluding carboxylic acids is 1. The van der Waals surface area contributed by atoms with Gasteiger partial charge in [-0.25, -0.2) is 4.57 Å². The van der Waals surface area contributed by atoms with Crippen molar-refractivity contribution >= 4 is 13.8 Å². The fourth-order valence-corrected chi connectivity index (χ4v) is 7.05. The van der Waals surface area contributed by atoms with Crippen LogP contribution in [0, 0.1) is 0 Å². The van der Waals surface area contributed by atoms with Crippen molar-refractivity contribution in [1.29, 1.82) is 0 Å². The number of carbonyl (C=O) groups is 1. The first-order valence-electron chi connectivity index (χ1n) is 22.4. The van der Waals surface area contributed by atoms with Crippen LogP contribution in [0.5, 0.6) is 0 Å². The summed E-state index contributed by atoms with van der Waals surface area (Å²) in [5.74, 6) is -0.320. The molecule has 0 fully saturated rings. The zero-order valence-electron chi connectivity index (χ0n) is 35.8. The van der Waals surface area contributed by atoms with Gasteiger partial charge in [-0.3, -0.25) is 13.8 Å². The third-order valence-corrected chi connectivity index (χ3v) is 10.8. The van der Waals surface area contributed by atoms with Gasteiger partial charge >= 0.3 is 13.8 Å². The van der Waals surface area contributed by atoms with E-state index in [-0.39, 0.29) is 25.8 Å². The molecule has 0 bridgehead atoms. The topological polar surface area (TPSA) is 91.3 Å². The second-order valence-electron chi connectivity index (χ2n) is 16.4. The summed E-state index contributed by atoms with van der Waals surface area (Å²) in [6, 6.07) is 0. The van der Waals surface area contributed by atoms with E-state index in [0.29, 0.717) is 24.1 Å². The van der Waals surface area contributed by atoms with Crippen LogP contribution in [0.4, 0.5) is 0 Å². The standard InChI is InChI=1S/C44H88NO7P/c1-6-8-10-12-14-16-18-20-21-22-23-24-25-26-28-30-32-34-36-39-49-41-43(42-51-53(47,48)50-40-38-45(3,4)5)52-44(46)37-35-33-31-29-27-19-17-15-13-11-9-7-2/h15,17,43H,6-14,16,18-42H2,1-5H3/p+1/b17-15-. The van der Waals surface area contributed by atoms with Crippen molar-refractivity contribution in [3.63, 3.8) is 0 Å². The lowest BCUT2D eigenvalue weighted by atomic mass is 10.0. The van der Waals surface area contributed by atoms with Gasteiger partial charge in [0.1, 0.15) is 19.3 Å². The SMILES string of the molecule is CCCCC/C=C\CCCCCCCC(=O)OC(COCCCCCCCCCCCCCCCCCCCCC)COP(=O)(O)OCC[N+](C)(C)C. The quantitative estimate of drug-likeness (QED) is 0.0217. The first-order valence-corrected chi connectivity index (χ1v) is 23.9. The lowest BCUT2D eigenvalue weighted by Crippen LogP contribution is -2.37. The van der Waals surface area contributed by atoms with E-state index >= 15 is 0 Å². The van der Waals surface area contributed by atoms with Gasteiger partial charge in [-0.05, 0) is 38.5 Å². The minimum Gasteiger partial charge on any atom is -0.457 e. The van der Waals surface area contributed by atoms with E-state index in [1.807, 2.05) is 21.1 Å². The number of hydrogen-bond acceptors (Lipinski definition) is 6. The van der Waals surface area contributed by atoms with Gasteiger partial charge in [0, 0.05) is 13.0 Å². The van der Waals surface area contributed by atoms with Crippen molar-refractivity contribution in [3.8, 4) is 0 Å². The monoisotopic (exact) mass is 775 g/mol. The summed E-state index contributed by atoms with van der Waals surface area (Å²) in [6.45, 7) is 5.63. The molecule has 1 N–H and O–H groups in total. The van der Waals surface area contributed by atoms with Crippen molar-refractivity contribution in [1.82, 2.24) is 0 Å². The summed E-state index contributed by atoms with van der Waals surface area (Å²) < 4.78 is 35.0. The molecule has 53 heavy (non-hydrogen) atoms. The van der Waals surface area contributed by atoms with Crippen LogP contribution in [0.3, 0.4) is 0 Å². The molecule has 0 aromatic rings. The van der Waals surface area contributed by atoms with E-state index in [0.717, 1.165) is 44.9 Å². The molecule has 2 atom stereocenters. The van der Waals surface area contributed by atoms with Crippen molar-refractivity contribution < 1.29 is 37.3 Å². The third-order valence-electron chi connectivity index (χ3n) is 9.83. The van der Waals surface area contributed by atoms with Gasteiger partial charge in [-0.2, -0.15) is 0 Å². The van der Waals surface area contributed by atoms with E-state index in [1.54, 1.807) is 0 Å². The first-order chi connectivity index (χ1) is 25.6. The maximum atomic E-state index is 12.7. The molecule has 0 aliphatic carbocycles. The molecule has 0 aliphatic rings. The highest BCUT2D eigenvalue weighted by atomic mass is 31.2. The Kier molecular flexibility index (Phi) is 37.6. The summed E-state index contributed by atoms with van der Waals surface area (Å²) >= 11 is 0. The summed E-state index contributed by atoms with van der Waals surface area (Å²) in [6.07, 6.45) is 41.0. The highest BCUT2D eigenvalue weighted by Gasteiger charge is 2.26. The van der Waals surface area contributed by atoms with Gasteiger partial charge in [-0.1, -0.05) is 174 Å². The molecular formula is C44H89NO7P+. The van der Waals surface area contributed by atoms with Crippen LogP contribution in [-0.4, -0.2) is 75.6 Å². The van der Waals surface area contributed by atoms with E-state index in [4.69, 9.17) is 18.5 Å². The van der Waals surface area contributed by atoms with E-state index in [1.165, 1.54) is 141 Å². The Hall–Kier alpha value is -0.760. The molecule has 0 spiro atoms. The van der Waals surface area contributed by atoms with Gasteiger partial charge in [0.05, 0.1) is 34.4 Å². The van der Waals surface area contributed by atoms with Gasteiger partial charge in [0.15, 0.2) is 0 Å². The molecule has 0 aromatic carbocycles. The second-order valence-corrected chi connectivity index (χ2v) is 17.9. The molecule has 2 unspecified atom stereocenters. The number of phosphoric acid groups is 1. The van der Waals surface area contributed by atoms with E-state index in [2.05, 4.69) is 26.0 Å². The van der Waals surface area contributed by atoms with Crippen LogP contribution < -0.4 is 0 Å². The Labute approximate surface area is 329 Å². The zero-order valence-corrected chi connectivity index (χ0v) is 36.7. The number of quaternary nitrogens is 1. The second kappa shape index (κ2) is 38.1. The van der Waals surface area contributed by atoms with Crippen LogP contribution >= 0.6 is 7.82 Å². The largest absolute Gasteiger partial charge is 0.472 e. The number of allylic oxidation sites excluding steroid dienone is 2. The van der Waals surface area contributed by atoms with Crippen molar-refractivity contribution in [2.24, 2.45) is 0 Å².